The van der Waals surface area contributed by atoms with Crippen LogP contribution in [0.15, 0.2) is 77.8 Å². The Kier molecular flexibility index (Phi) is 8.59. The van der Waals surface area contributed by atoms with E-state index in [1.807, 2.05) is 19.1 Å². The number of amides is 1. The number of anilines is 1. The minimum atomic E-state index is -3.88. The topological polar surface area (TPSA) is 103 Å². The van der Waals surface area contributed by atoms with Crippen molar-refractivity contribution < 1.29 is 22.7 Å². The van der Waals surface area contributed by atoms with Crippen molar-refractivity contribution >= 4 is 33.5 Å². The summed E-state index contributed by atoms with van der Waals surface area (Å²) in [5.74, 6) is 0.746. The smallest absolute Gasteiger partial charge is 0.243 e. The Labute approximate surface area is 233 Å². The summed E-state index contributed by atoms with van der Waals surface area (Å²) in [4.78, 5) is 18.0. The zero-order valence-corrected chi connectivity index (χ0v) is 23.6. The van der Waals surface area contributed by atoms with Crippen LogP contribution in [0.25, 0.3) is 16.9 Å². The predicted octanol–water partition coefficient (Wildman–Crippen LogP) is 5.17. The van der Waals surface area contributed by atoms with Crippen molar-refractivity contribution in [2.24, 2.45) is 0 Å². The highest BCUT2D eigenvalue weighted by Crippen LogP contribution is 2.30. The monoisotopic (exact) mass is 568 g/mol. The molecule has 0 saturated carbocycles. The van der Waals surface area contributed by atoms with Gasteiger partial charge in [0, 0.05) is 41.5 Å². The maximum absolute atomic E-state index is 13.2. The van der Waals surface area contributed by atoms with Crippen LogP contribution in [-0.2, 0) is 14.8 Å². The van der Waals surface area contributed by atoms with Gasteiger partial charge in [-0.3, -0.25) is 14.7 Å². The van der Waals surface area contributed by atoms with E-state index in [1.165, 1.54) is 12.1 Å². The molecule has 0 spiro atoms. The fraction of sp³-hybridized carbons (Fsp3) is 0.214. The number of nitrogens with zero attached hydrogens (tertiary/aromatic N) is 3. The number of likely N-dealkylation sites (N-methyl/N-ethyl adjacent to an activating group) is 1. The van der Waals surface area contributed by atoms with E-state index in [0.717, 1.165) is 15.4 Å². The van der Waals surface area contributed by atoms with Gasteiger partial charge in [0.15, 0.2) is 0 Å². The van der Waals surface area contributed by atoms with Crippen LogP contribution in [-0.4, -0.2) is 55.5 Å². The molecule has 0 radical (unpaired) electrons. The van der Waals surface area contributed by atoms with Crippen LogP contribution >= 0.6 is 11.6 Å². The first-order chi connectivity index (χ1) is 18.6. The molecule has 0 unspecified atom stereocenters. The van der Waals surface area contributed by atoms with Crippen LogP contribution in [0.2, 0.25) is 5.02 Å². The van der Waals surface area contributed by atoms with Gasteiger partial charge in [0.25, 0.3) is 0 Å². The molecule has 0 aliphatic heterocycles. The quantitative estimate of drug-likeness (QED) is 0.283. The average Bonchev–Trinajstić information content (AvgIpc) is 3.35. The molecule has 1 amide bonds. The van der Waals surface area contributed by atoms with Gasteiger partial charge in [-0.1, -0.05) is 48.4 Å². The maximum Gasteiger partial charge on any atom is 0.243 e. The molecule has 11 heteroatoms. The molecule has 0 aliphatic rings. The molecule has 204 valence electrons. The van der Waals surface area contributed by atoms with E-state index in [2.05, 4.69) is 10.3 Å². The molecule has 1 N–H and O–H groups in total. The first kappa shape index (κ1) is 28.2. The number of carbonyl (C=O) groups excluding carboxylic acids is 1. The van der Waals surface area contributed by atoms with Gasteiger partial charge >= 0.3 is 0 Å². The Hall–Kier alpha value is -3.86. The van der Waals surface area contributed by atoms with E-state index in [9.17, 15) is 13.2 Å². The summed E-state index contributed by atoms with van der Waals surface area (Å²) in [5, 5.41) is 3.36. The summed E-state index contributed by atoms with van der Waals surface area (Å²) < 4.78 is 40.0. The lowest BCUT2D eigenvalue weighted by Gasteiger charge is -2.20. The molecule has 4 rings (SSSR count). The molecular weight excluding hydrogens is 540 g/mol. The number of aromatic nitrogens is 2. The largest absolute Gasteiger partial charge is 0.497 e. The lowest BCUT2D eigenvalue weighted by molar-refractivity contribution is -0.116. The SMILES string of the molecule is CCN(CC(=O)Nc1nc(-c2ccc(Cl)cc2)cn1-c1cc(OC)cc(OC)c1)S(=O)(=O)c1ccc(C)cc1. The summed E-state index contributed by atoms with van der Waals surface area (Å²) in [6, 6.07) is 18.9. The molecule has 0 atom stereocenters. The van der Waals surface area contributed by atoms with Gasteiger partial charge in [-0.2, -0.15) is 4.31 Å². The zero-order chi connectivity index (χ0) is 28.2. The number of nitrogens with one attached hydrogen (secondary N) is 1. The summed E-state index contributed by atoms with van der Waals surface area (Å²) >= 11 is 6.05. The number of hydrogen-bond acceptors (Lipinski definition) is 6. The maximum atomic E-state index is 13.2. The summed E-state index contributed by atoms with van der Waals surface area (Å²) in [7, 11) is -0.790. The molecular formula is C28H29ClN4O5S. The molecule has 0 aliphatic carbocycles. The molecule has 4 aromatic rings. The van der Waals surface area contributed by atoms with Crippen LogP contribution < -0.4 is 14.8 Å². The first-order valence-corrected chi connectivity index (χ1v) is 13.9. The Balaban J connectivity index is 1.68. The molecule has 1 heterocycles. The lowest BCUT2D eigenvalue weighted by Crippen LogP contribution is -2.38. The molecule has 0 bridgehead atoms. The summed E-state index contributed by atoms with van der Waals surface area (Å²) in [5.41, 5.74) is 2.91. The van der Waals surface area contributed by atoms with Gasteiger partial charge in [-0.15, -0.1) is 0 Å². The van der Waals surface area contributed by atoms with Crippen LogP contribution in [0, 0.1) is 6.92 Å². The molecule has 3 aromatic carbocycles. The van der Waals surface area contributed by atoms with Crippen molar-refractivity contribution in [2.75, 3.05) is 32.6 Å². The molecule has 9 nitrogen and oxygen atoms in total. The highest BCUT2D eigenvalue weighted by atomic mass is 35.5. The van der Waals surface area contributed by atoms with Crippen molar-refractivity contribution in [3.8, 4) is 28.4 Å². The zero-order valence-electron chi connectivity index (χ0n) is 22.0. The number of benzene rings is 3. The van der Waals surface area contributed by atoms with Gasteiger partial charge in [-0.05, 0) is 31.2 Å². The van der Waals surface area contributed by atoms with E-state index < -0.39 is 22.5 Å². The molecule has 0 fully saturated rings. The number of hydrogen-bond donors (Lipinski definition) is 1. The standard InChI is InChI=1S/C28H29ClN4O5S/c1-5-32(39(35,36)25-12-6-19(2)7-13-25)18-27(34)31-28-30-26(20-8-10-21(29)11-9-20)17-33(28)22-14-23(37-3)16-24(15-22)38-4/h6-17H,5,18H2,1-4H3,(H,30,31,34). The highest BCUT2D eigenvalue weighted by Gasteiger charge is 2.26. The van der Waals surface area contributed by atoms with Crippen LogP contribution in [0.5, 0.6) is 11.5 Å². The second kappa shape index (κ2) is 11.9. The van der Waals surface area contributed by atoms with E-state index in [-0.39, 0.29) is 17.4 Å². The fourth-order valence-electron chi connectivity index (χ4n) is 3.91. The fourth-order valence-corrected chi connectivity index (χ4v) is 5.44. The number of rotatable bonds is 10. The number of methoxy groups -OCH3 is 2. The molecule has 1 aromatic heterocycles. The number of imidazole rings is 1. The lowest BCUT2D eigenvalue weighted by atomic mass is 10.2. The van der Waals surface area contributed by atoms with Crippen LogP contribution in [0.1, 0.15) is 12.5 Å². The van der Waals surface area contributed by atoms with Crippen molar-refractivity contribution in [3.05, 3.63) is 83.5 Å². The second-order valence-electron chi connectivity index (χ2n) is 8.69. The normalized spacial score (nSPS) is 11.4. The number of halogens is 1. The number of sulfonamides is 1. The van der Waals surface area contributed by atoms with Gasteiger partial charge in [-0.25, -0.2) is 13.4 Å². The van der Waals surface area contributed by atoms with Crippen molar-refractivity contribution in [3.63, 3.8) is 0 Å². The Morgan fingerprint density at radius 3 is 2.18 bits per heavy atom. The Morgan fingerprint density at radius 1 is 1.00 bits per heavy atom. The summed E-state index contributed by atoms with van der Waals surface area (Å²) in [6.07, 6.45) is 1.76. The van der Waals surface area contributed by atoms with E-state index >= 15 is 0 Å². The van der Waals surface area contributed by atoms with Gasteiger partial charge in [0.05, 0.1) is 37.0 Å². The molecule has 0 saturated heterocycles. The average molecular weight is 569 g/mol. The van der Waals surface area contributed by atoms with E-state index in [0.29, 0.717) is 27.9 Å². The van der Waals surface area contributed by atoms with Gasteiger partial charge in [0.1, 0.15) is 11.5 Å². The minimum Gasteiger partial charge on any atom is -0.497 e. The minimum absolute atomic E-state index is 0.112. The van der Waals surface area contributed by atoms with E-state index in [1.54, 1.807) is 74.4 Å². The first-order valence-electron chi connectivity index (χ1n) is 12.1. The van der Waals surface area contributed by atoms with Crippen molar-refractivity contribution in [1.82, 2.24) is 13.9 Å². The number of ether oxygens (including phenoxy) is 2. The second-order valence-corrected chi connectivity index (χ2v) is 11.1. The Morgan fingerprint density at radius 2 is 1.62 bits per heavy atom. The Bertz CT molecular complexity index is 1550. The third-order valence-electron chi connectivity index (χ3n) is 6.04. The highest BCUT2D eigenvalue weighted by molar-refractivity contribution is 7.89. The predicted molar refractivity (Wildman–Crippen MR) is 151 cm³/mol. The number of carbonyl (C=O) groups is 1. The third-order valence-corrected chi connectivity index (χ3v) is 8.23. The van der Waals surface area contributed by atoms with Gasteiger partial charge < -0.3 is 9.47 Å². The van der Waals surface area contributed by atoms with E-state index in [4.69, 9.17) is 21.1 Å². The van der Waals surface area contributed by atoms with Crippen molar-refractivity contribution in [2.45, 2.75) is 18.7 Å². The number of aryl methyl sites for hydroxylation is 1. The molecule has 39 heavy (non-hydrogen) atoms. The van der Waals surface area contributed by atoms with Crippen molar-refractivity contribution in [1.29, 1.82) is 0 Å². The summed E-state index contributed by atoms with van der Waals surface area (Å²) in [6.45, 7) is 3.28. The van der Waals surface area contributed by atoms with Gasteiger partial charge in [0.2, 0.25) is 21.9 Å². The van der Waals surface area contributed by atoms with Crippen LogP contribution in [0.4, 0.5) is 5.95 Å². The van der Waals surface area contributed by atoms with Crippen LogP contribution in [0.3, 0.4) is 0 Å². The third kappa shape index (κ3) is 6.42.